The molecule has 0 saturated carbocycles. The summed E-state index contributed by atoms with van der Waals surface area (Å²) in [5.74, 6) is 0.672. The van der Waals surface area contributed by atoms with E-state index >= 15 is 0 Å². The molecule has 1 N–H and O–H groups in total. The number of benzene rings is 2. The van der Waals surface area contributed by atoms with E-state index in [0.29, 0.717) is 5.75 Å². The minimum absolute atomic E-state index is 0.428. The first-order valence-corrected chi connectivity index (χ1v) is 7.74. The van der Waals surface area contributed by atoms with Gasteiger partial charge in [0.15, 0.2) is 0 Å². The van der Waals surface area contributed by atoms with Gasteiger partial charge in [0.2, 0.25) is 0 Å². The highest BCUT2D eigenvalue weighted by atomic mass is 32.2. The van der Waals surface area contributed by atoms with Crippen LogP contribution in [0.2, 0.25) is 0 Å². The zero-order valence-electron chi connectivity index (χ0n) is 11.9. The number of aryl methyl sites for hydroxylation is 2. The molecule has 0 unspecified atom stereocenters. The van der Waals surface area contributed by atoms with Gasteiger partial charge in [-0.2, -0.15) is 0 Å². The first-order chi connectivity index (χ1) is 9.63. The lowest BCUT2D eigenvalue weighted by Gasteiger charge is -2.06. The molecule has 2 aromatic carbocycles. The van der Waals surface area contributed by atoms with Gasteiger partial charge in [-0.05, 0) is 31.5 Å². The molecule has 2 rings (SSSR count). The topological polar surface area (TPSA) is 20.2 Å². The predicted molar refractivity (Wildman–Crippen MR) is 88.1 cm³/mol. The van der Waals surface area contributed by atoms with Crippen LogP contribution >= 0.6 is 11.8 Å². The molecule has 0 aromatic heterocycles. The van der Waals surface area contributed by atoms with Crippen molar-refractivity contribution in [2.45, 2.75) is 24.8 Å². The van der Waals surface area contributed by atoms with Crippen molar-refractivity contribution in [1.82, 2.24) is 0 Å². The highest BCUT2D eigenvalue weighted by Gasteiger charge is 2.01. The number of aliphatic hydroxyl groups is 1. The average molecular weight is 284 g/mol. The highest BCUT2D eigenvalue weighted by Crippen LogP contribution is 2.19. The SMILES string of the molecule is Cc1ccc(/C=C/[C@H](O)CSc2ccc(C)cc2)cc1. The molecule has 1 atom stereocenters. The lowest BCUT2D eigenvalue weighted by atomic mass is 10.1. The van der Waals surface area contributed by atoms with Crippen molar-refractivity contribution in [2.75, 3.05) is 5.75 Å². The average Bonchev–Trinajstić information content (AvgIpc) is 2.46. The van der Waals surface area contributed by atoms with Gasteiger partial charge in [0.25, 0.3) is 0 Å². The van der Waals surface area contributed by atoms with E-state index in [0.717, 1.165) is 5.56 Å². The van der Waals surface area contributed by atoms with Gasteiger partial charge in [-0.15, -0.1) is 11.8 Å². The quantitative estimate of drug-likeness (QED) is 0.817. The van der Waals surface area contributed by atoms with E-state index in [-0.39, 0.29) is 0 Å². The smallest absolute Gasteiger partial charge is 0.0818 e. The van der Waals surface area contributed by atoms with Crippen LogP contribution in [-0.2, 0) is 0 Å². The number of rotatable bonds is 5. The van der Waals surface area contributed by atoms with E-state index < -0.39 is 6.10 Å². The second kappa shape index (κ2) is 7.32. The van der Waals surface area contributed by atoms with E-state index in [1.165, 1.54) is 16.0 Å². The Morgan fingerprint density at radius 2 is 1.50 bits per heavy atom. The summed E-state index contributed by atoms with van der Waals surface area (Å²) in [6.45, 7) is 4.15. The maximum atomic E-state index is 9.97. The van der Waals surface area contributed by atoms with Crippen molar-refractivity contribution in [1.29, 1.82) is 0 Å². The van der Waals surface area contributed by atoms with Crippen LogP contribution in [0, 0.1) is 13.8 Å². The van der Waals surface area contributed by atoms with Crippen molar-refractivity contribution < 1.29 is 5.11 Å². The molecule has 0 saturated heterocycles. The maximum absolute atomic E-state index is 9.97. The Morgan fingerprint density at radius 3 is 2.10 bits per heavy atom. The van der Waals surface area contributed by atoms with Crippen LogP contribution in [0.4, 0.5) is 0 Å². The van der Waals surface area contributed by atoms with Crippen molar-refractivity contribution in [3.8, 4) is 0 Å². The summed E-state index contributed by atoms with van der Waals surface area (Å²) in [5.41, 5.74) is 3.63. The Hall–Kier alpha value is -1.51. The summed E-state index contributed by atoms with van der Waals surface area (Å²) in [4.78, 5) is 1.19. The predicted octanol–water partition coefficient (Wildman–Crippen LogP) is 4.47. The van der Waals surface area contributed by atoms with Gasteiger partial charge >= 0.3 is 0 Å². The number of hydrogen-bond acceptors (Lipinski definition) is 2. The van der Waals surface area contributed by atoms with E-state index in [9.17, 15) is 5.11 Å². The van der Waals surface area contributed by atoms with Crippen LogP contribution in [0.5, 0.6) is 0 Å². The fourth-order valence-electron chi connectivity index (χ4n) is 1.77. The van der Waals surface area contributed by atoms with Crippen LogP contribution in [0.3, 0.4) is 0 Å². The summed E-state index contributed by atoms with van der Waals surface area (Å²) < 4.78 is 0. The van der Waals surface area contributed by atoms with Crippen LogP contribution in [0.1, 0.15) is 16.7 Å². The fraction of sp³-hybridized carbons (Fsp3) is 0.222. The van der Waals surface area contributed by atoms with Gasteiger partial charge < -0.3 is 5.11 Å². The van der Waals surface area contributed by atoms with Crippen LogP contribution < -0.4 is 0 Å². The van der Waals surface area contributed by atoms with Crippen LogP contribution in [0.25, 0.3) is 6.08 Å². The monoisotopic (exact) mass is 284 g/mol. The van der Waals surface area contributed by atoms with E-state index in [1.807, 2.05) is 12.2 Å². The van der Waals surface area contributed by atoms with E-state index in [1.54, 1.807) is 11.8 Å². The standard InChI is InChI=1S/C18H20OS/c1-14-3-7-16(8-4-14)9-10-17(19)13-20-18-11-5-15(2)6-12-18/h3-12,17,19H,13H2,1-2H3/b10-9+/t17-/m0/s1. The Morgan fingerprint density at radius 1 is 0.950 bits per heavy atom. The van der Waals surface area contributed by atoms with Gasteiger partial charge in [-0.1, -0.05) is 59.7 Å². The third-order valence-electron chi connectivity index (χ3n) is 3.03. The summed E-state index contributed by atoms with van der Waals surface area (Å²) >= 11 is 1.67. The molecule has 0 aliphatic carbocycles. The minimum atomic E-state index is -0.428. The van der Waals surface area contributed by atoms with Crippen molar-refractivity contribution in [3.63, 3.8) is 0 Å². The molecule has 0 amide bonds. The molecule has 0 aliphatic heterocycles. The molecule has 0 radical (unpaired) electrons. The number of thioether (sulfide) groups is 1. The highest BCUT2D eigenvalue weighted by molar-refractivity contribution is 7.99. The molecule has 0 aliphatic rings. The molecule has 0 bridgehead atoms. The van der Waals surface area contributed by atoms with Crippen molar-refractivity contribution in [2.24, 2.45) is 0 Å². The van der Waals surface area contributed by atoms with Crippen molar-refractivity contribution >= 4 is 17.8 Å². The van der Waals surface area contributed by atoms with Gasteiger partial charge in [0, 0.05) is 10.6 Å². The molecular weight excluding hydrogens is 264 g/mol. The minimum Gasteiger partial charge on any atom is -0.388 e. The van der Waals surface area contributed by atoms with Gasteiger partial charge in [-0.25, -0.2) is 0 Å². The van der Waals surface area contributed by atoms with Gasteiger partial charge in [0.1, 0.15) is 0 Å². The third kappa shape index (κ3) is 4.87. The molecule has 0 spiro atoms. The largest absolute Gasteiger partial charge is 0.388 e. The lowest BCUT2D eigenvalue weighted by molar-refractivity contribution is 0.249. The molecule has 2 heteroatoms. The first kappa shape index (κ1) is 14.9. The Balaban J connectivity index is 1.84. The summed E-state index contributed by atoms with van der Waals surface area (Å²) in [5, 5.41) is 9.97. The van der Waals surface area contributed by atoms with E-state index in [2.05, 4.69) is 62.4 Å². The molecule has 20 heavy (non-hydrogen) atoms. The number of hydrogen-bond donors (Lipinski definition) is 1. The molecule has 104 valence electrons. The second-order valence-electron chi connectivity index (χ2n) is 4.96. The first-order valence-electron chi connectivity index (χ1n) is 6.76. The summed E-state index contributed by atoms with van der Waals surface area (Å²) in [7, 11) is 0. The van der Waals surface area contributed by atoms with Crippen molar-refractivity contribution in [3.05, 3.63) is 71.3 Å². The lowest BCUT2D eigenvalue weighted by Crippen LogP contribution is -2.05. The Bertz CT molecular complexity index is 555. The Kier molecular flexibility index (Phi) is 5.45. The zero-order chi connectivity index (χ0) is 14.4. The number of aliphatic hydroxyl groups excluding tert-OH is 1. The Labute approximate surface area is 125 Å². The van der Waals surface area contributed by atoms with Crippen LogP contribution in [-0.4, -0.2) is 17.0 Å². The molecule has 0 fully saturated rings. The van der Waals surface area contributed by atoms with E-state index in [4.69, 9.17) is 0 Å². The second-order valence-corrected chi connectivity index (χ2v) is 6.05. The summed E-state index contributed by atoms with van der Waals surface area (Å²) in [6, 6.07) is 16.7. The molecule has 1 nitrogen and oxygen atoms in total. The normalized spacial score (nSPS) is 12.8. The van der Waals surface area contributed by atoms with Gasteiger partial charge in [0.05, 0.1) is 6.10 Å². The fourth-order valence-corrected chi connectivity index (χ4v) is 2.57. The molecule has 2 aromatic rings. The van der Waals surface area contributed by atoms with Crippen LogP contribution in [0.15, 0.2) is 59.5 Å². The molecule has 0 heterocycles. The molecular formula is C18H20OS. The maximum Gasteiger partial charge on any atom is 0.0818 e. The van der Waals surface area contributed by atoms with Gasteiger partial charge in [-0.3, -0.25) is 0 Å². The zero-order valence-corrected chi connectivity index (χ0v) is 12.7. The third-order valence-corrected chi connectivity index (χ3v) is 4.14. The summed E-state index contributed by atoms with van der Waals surface area (Å²) in [6.07, 6.45) is 3.40.